The topological polar surface area (TPSA) is 53.2 Å². The van der Waals surface area contributed by atoms with E-state index in [1.54, 1.807) is 0 Å². The van der Waals surface area contributed by atoms with Gasteiger partial charge in [-0.05, 0) is 42.5 Å². The average Bonchev–Trinajstić information content (AvgIpc) is 2.48. The molecular formula is C14H9Cl2F2N3OS. The number of benzene rings is 2. The predicted molar refractivity (Wildman–Crippen MR) is 89.6 cm³/mol. The van der Waals surface area contributed by atoms with Gasteiger partial charge >= 0.3 is 0 Å². The highest BCUT2D eigenvalue weighted by molar-refractivity contribution is 7.80. The molecule has 0 fully saturated rings. The minimum absolute atomic E-state index is 0.0392. The van der Waals surface area contributed by atoms with E-state index < -0.39 is 17.5 Å². The van der Waals surface area contributed by atoms with Crippen LogP contribution in [0.4, 0.5) is 14.5 Å². The molecule has 2 rings (SSSR count). The van der Waals surface area contributed by atoms with Crippen LogP contribution in [0, 0.1) is 11.6 Å². The van der Waals surface area contributed by atoms with Gasteiger partial charge < -0.3 is 5.32 Å². The fraction of sp³-hybridized carbons (Fsp3) is 0. The van der Waals surface area contributed by atoms with Crippen LogP contribution < -0.4 is 16.2 Å². The van der Waals surface area contributed by atoms with Crippen molar-refractivity contribution in [1.29, 1.82) is 0 Å². The maximum atomic E-state index is 13.5. The van der Waals surface area contributed by atoms with E-state index >= 15 is 0 Å². The van der Waals surface area contributed by atoms with Gasteiger partial charge in [0.1, 0.15) is 11.6 Å². The second kappa shape index (κ2) is 7.54. The van der Waals surface area contributed by atoms with E-state index in [0.29, 0.717) is 11.1 Å². The monoisotopic (exact) mass is 375 g/mol. The van der Waals surface area contributed by atoms with Gasteiger partial charge in [-0.2, -0.15) is 0 Å². The first-order valence-corrected chi connectivity index (χ1v) is 7.30. The fourth-order valence-corrected chi connectivity index (χ4v) is 2.25. The summed E-state index contributed by atoms with van der Waals surface area (Å²) in [6.45, 7) is 0. The van der Waals surface area contributed by atoms with Crippen LogP contribution in [0.5, 0.6) is 0 Å². The van der Waals surface area contributed by atoms with Crippen molar-refractivity contribution < 1.29 is 13.6 Å². The highest BCUT2D eigenvalue weighted by atomic mass is 35.5. The van der Waals surface area contributed by atoms with Crippen LogP contribution in [0.1, 0.15) is 10.4 Å². The Morgan fingerprint density at radius 2 is 1.78 bits per heavy atom. The smallest absolute Gasteiger partial charge is 0.271 e. The van der Waals surface area contributed by atoms with Gasteiger partial charge in [-0.3, -0.25) is 15.6 Å². The summed E-state index contributed by atoms with van der Waals surface area (Å²) in [7, 11) is 0. The van der Waals surface area contributed by atoms with Crippen molar-refractivity contribution in [2.45, 2.75) is 0 Å². The van der Waals surface area contributed by atoms with Crippen molar-refractivity contribution in [3.8, 4) is 0 Å². The number of amides is 1. The average molecular weight is 376 g/mol. The number of hydrogen-bond acceptors (Lipinski definition) is 2. The lowest BCUT2D eigenvalue weighted by Crippen LogP contribution is -2.43. The highest BCUT2D eigenvalue weighted by Gasteiger charge is 2.11. The predicted octanol–water partition coefficient (Wildman–Crippen LogP) is 3.90. The van der Waals surface area contributed by atoms with Gasteiger partial charge in [0, 0.05) is 11.1 Å². The maximum Gasteiger partial charge on any atom is 0.271 e. The Balaban J connectivity index is 1.94. The summed E-state index contributed by atoms with van der Waals surface area (Å²) in [5.74, 6) is -2.09. The standard InChI is InChI=1S/C14H9Cl2F2N3OS/c15-7-1-3-9(10(16)5-7)13(22)20-21-14(23)19-12-4-2-8(17)6-11(12)18/h1-6H,(H,20,22)(H2,19,21,23). The molecule has 0 heterocycles. The number of nitrogens with one attached hydrogen (secondary N) is 3. The molecule has 0 saturated carbocycles. The van der Waals surface area contributed by atoms with Crippen molar-refractivity contribution in [3.05, 3.63) is 63.6 Å². The van der Waals surface area contributed by atoms with Gasteiger partial charge in [-0.25, -0.2) is 8.78 Å². The number of hydrogen-bond donors (Lipinski definition) is 3. The van der Waals surface area contributed by atoms with E-state index in [1.165, 1.54) is 24.3 Å². The molecule has 0 atom stereocenters. The molecular weight excluding hydrogens is 367 g/mol. The number of thiocarbonyl (C=S) groups is 1. The highest BCUT2D eigenvalue weighted by Crippen LogP contribution is 2.20. The lowest BCUT2D eigenvalue weighted by atomic mass is 10.2. The van der Waals surface area contributed by atoms with Crippen LogP contribution in [0.3, 0.4) is 0 Å². The van der Waals surface area contributed by atoms with E-state index in [9.17, 15) is 13.6 Å². The van der Waals surface area contributed by atoms with Crippen molar-refractivity contribution in [2.24, 2.45) is 0 Å². The SMILES string of the molecule is O=C(NNC(=S)Nc1ccc(F)cc1F)c1ccc(Cl)cc1Cl. The van der Waals surface area contributed by atoms with Crippen LogP contribution in [0.15, 0.2) is 36.4 Å². The Kier molecular flexibility index (Phi) is 5.70. The van der Waals surface area contributed by atoms with Crippen molar-refractivity contribution in [1.82, 2.24) is 10.9 Å². The fourth-order valence-electron chi connectivity index (χ4n) is 1.60. The molecule has 0 aliphatic heterocycles. The zero-order valence-electron chi connectivity index (χ0n) is 11.3. The lowest BCUT2D eigenvalue weighted by molar-refractivity contribution is 0.0944. The molecule has 0 spiro atoms. The normalized spacial score (nSPS) is 10.1. The van der Waals surface area contributed by atoms with E-state index in [1.807, 2.05) is 0 Å². The summed E-state index contributed by atoms with van der Waals surface area (Å²) >= 11 is 16.5. The second-order valence-corrected chi connectivity index (χ2v) is 5.53. The van der Waals surface area contributed by atoms with E-state index in [2.05, 4.69) is 16.2 Å². The van der Waals surface area contributed by atoms with Crippen LogP contribution in [-0.2, 0) is 0 Å². The minimum Gasteiger partial charge on any atom is -0.329 e. The lowest BCUT2D eigenvalue weighted by Gasteiger charge is -2.12. The van der Waals surface area contributed by atoms with Gasteiger partial charge in [0.2, 0.25) is 0 Å². The molecule has 0 unspecified atom stereocenters. The molecule has 4 nitrogen and oxygen atoms in total. The van der Waals surface area contributed by atoms with E-state index in [-0.39, 0.29) is 21.4 Å². The molecule has 0 bridgehead atoms. The van der Waals surface area contributed by atoms with Crippen molar-refractivity contribution in [3.63, 3.8) is 0 Å². The Morgan fingerprint density at radius 1 is 1.04 bits per heavy atom. The van der Waals surface area contributed by atoms with Crippen molar-refractivity contribution >= 4 is 52.1 Å². The van der Waals surface area contributed by atoms with Gasteiger partial charge in [0.25, 0.3) is 5.91 Å². The number of carbonyl (C=O) groups excluding carboxylic acids is 1. The van der Waals surface area contributed by atoms with Gasteiger partial charge in [0.05, 0.1) is 16.3 Å². The zero-order chi connectivity index (χ0) is 17.0. The van der Waals surface area contributed by atoms with Crippen molar-refractivity contribution in [2.75, 3.05) is 5.32 Å². The molecule has 0 saturated heterocycles. The van der Waals surface area contributed by atoms with Gasteiger partial charge in [-0.15, -0.1) is 0 Å². The summed E-state index contributed by atoms with van der Waals surface area (Å²) in [5.41, 5.74) is 4.82. The summed E-state index contributed by atoms with van der Waals surface area (Å²) in [5, 5.41) is 2.95. The third-order valence-corrected chi connectivity index (χ3v) is 3.40. The third kappa shape index (κ3) is 4.75. The molecule has 1 amide bonds. The number of anilines is 1. The summed E-state index contributed by atoms with van der Waals surface area (Å²) < 4.78 is 26.3. The first-order valence-electron chi connectivity index (χ1n) is 6.14. The summed E-state index contributed by atoms with van der Waals surface area (Å²) in [4.78, 5) is 11.9. The molecule has 23 heavy (non-hydrogen) atoms. The number of hydrazine groups is 1. The van der Waals surface area contributed by atoms with E-state index in [0.717, 1.165) is 6.07 Å². The van der Waals surface area contributed by atoms with E-state index in [4.69, 9.17) is 35.4 Å². The number of carbonyl (C=O) groups is 1. The largest absolute Gasteiger partial charge is 0.329 e. The molecule has 120 valence electrons. The summed E-state index contributed by atoms with van der Waals surface area (Å²) in [6.07, 6.45) is 0. The van der Waals surface area contributed by atoms with Crippen LogP contribution in [0.2, 0.25) is 10.0 Å². The molecule has 2 aromatic carbocycles. The molecule has 2 aromatic rings. The third-order valence-electron chi connectivity index (χ3n) is 2.64. The van der Waals surface area contributed by atoms with Gasteiger partial charge in [0.15, 0.2) is 5.11 Å². The first-order chi connectivity index (χ1) is 10.9. The van der Waals surface area contributed by atoms with Crippen LogP contribution in [-0.4, -0.2) is 11.0 Å². The molecule has 9 heteroatoms. The molecule has 3 N–H and O–H groups in total. The minimum atomic E-state index is -0.818. The number of halogens is 4. The molecule has 0 aromatic heterocycles. The zero-order valence-corrected chi connectivity index (χ0v) is 13.6. The molecule has 0 radical (unpaired) electrons. The van der Waals surface area contributed by atoms with Crippen LogP contribution in [0.25, 0.3) is 0 Å². The first kappa shape index (κ1) is 17.4. The van der Waals surface area contributed by atoms with Gasteiger partial charge in [-0.1, -0.05) is 23.2 Å². The molecule has 0 aliphatic rings. The number of rotatable bonds is 2. The quantitative estimate of drug-likeness (QED) is 0.550. The Morgan fingerprint density at radius 3 is 2.43 bits per heavy atom. The maximum absolute atomic E-state index is 13.5. The second-order valence-electron chi connectivity index (χ2n) is 4.28. The summed E-state index contributed by atoms with van der Waals surface area (Å²) in [6, 6.07) is 7.32. The van der Waals surface area contributed by atoms with Crippen LogP contribution >= 0.6 is 35.4 Å². The Labute approximate surface area is 145 Å². The Bertz CT molecular complexity index is 774. The Hall–Kier alpha value is -1.96. The molecule has 0 aliphatic carbocycles.